The van der Waals surface area contributed by atoms with Crippen molar-refractivity contribution >= 4 is 0 Å². The highest BCUT2D eigenvalue weighted by atomic mass is 16.5. The van der Waals surface area contributed by atoms with Gasteiger partial charge in [-0.25, -0.2) is 0 Å². The van der Waals surface area contributed by atoms with Crippen molar-refractivity contribution in [2.75, 3.05) is 28.4 Å². The molecule has 0 fully saturated rings. The van der Waals surface area contributed by atoms with Crippen molar-refractivity contribution in [2.45, 2.75) is 26.4 Å². The number of phenols is 2. The summed E-state index contributed by atoms with van der Waals surface area (Å²) < 4.78 is 20.9. The van der Waals surface area contributed by atoms with E-state index in [-0.39, 0.29) is 24.7 Å². The van der Waals surface area contributed by atoms with Crippen LogP contribution >= 0.6 is 0 Å². The highest BCUT2D eigenvalue weighted by molar-refractivity contribution is 5.81. The Morgan fingerprint density at radius 3 is 1.23 bits per heavy atom. The van der Waals surface area contributed by atoms with Crippen LogP contribution in [0.5, 0.6) is 11.5 Å². The molecule has 2 rings (SSSR count). The fraction of sp³-hybridized carbons (Fsp3) is 0.400. The van der Waals surface area contributed by atoms with Gasteiger partial charge in [-0.2, -0.15) is 0 Å². The summed E-state index contributed by atoms with van der Waals surface area (Å²) >= 11 is 0. The maximum atomic E-state index is 10.7. The molecule has 0 atom stereocenters. The fourth-order valence-electron chi connectivity index (χ4n) is 3.12. The van der Waals surface area contributed by atoms with Gasteiger partial charge in [0.05, 0.1) is 26.4 Å². The first-order valence-corrected chi connectivity index (χ1v) is 8.21. The zero-order valence-corrected chi connectivity index (χ0v) is 15.7. The zero-order valence-electron chi connectivity index (χ0n) is 15.7. The van der Waals surface area contributed by atoms with E-state index in [9.17, 15) is 10.2 Å². The molecule has 2 aromatic rings. The maximum Gasteiger partial charge on any atom is 0.124 e. The third-order valence-electron chi connectivity index (χ3n) is 3.99. The molecule has 26 heavy (non-hydrogen) atoms. The first kappa shape index (κ1) is 20.2. The van der Waals surface area contributed by atoms with Crippen LogP contribution in [0.25, 0.3) is 11.1 Å². The Morgan fingerprint density at radius 2 is 0.923 bits per heavy atom. The van der Waals surface area contributed by atoms with Crippen LogP contribution in [0.2, 0.25) is 0 Å². The van der Waals surface area contributed by atoms with Crippen molar-refractivity contribution in [2.24, 2.45) is 0 Å². The summed E-state index contributed by atoms with van der Waals surface area (Å²) in [5.41, 5.74) is 4.22. The smallest absolute Gasteiger partial charge is 0.124 e. The van der Waals surface area contributed by atoms with Crippen LogP contribution in [0.4, 0.5) is 0 Å². The summed E-state index contributed by atoms with van der Waals surface area (Å²) in [4.78, 5) is 0. The molecule has 6 heteroatoms. The lowest BCUT2D eigenvalue weighted by molar-refractivity contribution is 0.178. The molecule has 0 radical (unpaired) electrons. The second-order valence-corrected chi connectivity index (χ2v) is 6.03. The van der Waals surface area contributed by atoms with Crippen molar-refractivity contribution < 1.29 is 29.2 Å². The first-order chi connectivity index (χ1) is 12.5. The lowest BCUT2D eigenvalue weighted by Gasteiger charge is -2.19. The molecule has 0 spiro atoms. The molecule has 0 aliphatic rings. The Bertz CT molecular complexity index is 678. The number of methoxy groups -OCH3 is 4. The van der Waals surface area contributed by atoms with Gasteiger partial charge in [-0.1, -0.05) is 12.1 Å². The summed E-state index contributed by atoms with van der Waals surface area (Å²) in [6.45, 7) is 1.31. The predicted octanol–water partition coefficient (Wildman–Crippen LogP) is 3.35. The van der Waals surface area contributed by atoms with Crippen LogP contribution in [0.3, 0.4) is 0 Å². The van der Waals surface area contributed by atoms with Gasteiger partial charge in [0.25, 0.3) is 0 Å². The van der Waals surface area contributed by atoms with Crippen LogP contribution in [-0.2, 0) is 45.4 Å². The zero-order chi connectivity index (χ0) is 19.1. The summed E-state index contributed by atoms with van der Waals surface area (Å²) in [6, 6.07) is 7.08. The van der Waals surface area contributed by atoms with Crippen molar-refractivity contribution in [1.29, 1.82) is 0 Å². The SMILES string of the molecule is COCc1cc(O)c(-c2c(O)cc(COC)cc2COC)c(COC)c1. The molecule has 0 aliphatic heterocycles. The lowest BCUT2D eigenvalue weighted by atomic mass is 9.91. The van der Waals surface area contributed by atoms with Crippen LogP contribution in [0.15, 0.2) is 24.3 Å². The van der Waals surface area contributed by atoms with Gasteiger partial charge in [0.1, 0.15) is 11.5 Å². The van der Waals surface area contributed by atoms with E-state index >= 15 is 0 Å². The highest BCUT2D eigenvalue weighted by Crippen LogP contribution is 2.42. The second-order valence-electron chi connectivity index (χ2n) is 6.03. The third kappa shape index (κ3) is 4.53. The average Bonchev–Trinajstić information content (AvgIpc) is 2.57. The van der Waals surface area contributed by atoms with Crippen LogP contribution in [0.1, 0.15) is 22.3 Å². The van der Waals surface area contributed by atoms with Gasteiger partial charge in [0.2, 0.25) is 0 Å². The molecule has 0 heterocycles. The Balaban J connectivity index is 2.69. The normalized spacial score (nSPS) is 11.1. The van der Waals surface area contributed by atoms with E-state index in [1.807, 2.05) is 12.1 Å². The monoisotopic (exact) mass is 362 g/mol. The topological polar surface area (TPSA) is 77.4 Å². The number of phenolic OH excluding ortho intramolecular Hbond substituents is 2. The largest absolute Gasteiger partial charge is 0.507 e. The summed E-state index contributed by atoms with van der Waals surface area (Å²) in [7, 11) is 6.36. The quantitative estimate of drug-likeness (QED) is 0.712. The minimum absolute atomic E-state index is 0.0544. The average molecular weight is 362 g/mol. The number of hydrogen-bond donors (Lipinski definition) is 2. The standard InChI is InChI=1S/C20H26O6/c1-23-9-13-5-15(11-25-3)19(17(21)7-13)20-16(12-26-4)6-14(10-24-2)8-18(20)22/h5-8,21-22H,9-12H2,1-4H3. The first-order valence-electron chi connectivity index (χ1n) is 8.21. The minimum atomic E-state index is 0.0544. The molecule has 2 N–H and O–H groups in total. The van der Waals surface area contributed by atoms with Crippen LogP contribution in [0, 0.1) is 0 Å². The van der Waals surface area contributed by atoms with Crippen molar-refractivity contribution in [3.05, 3.63) is 46.5 Å². The van der Waals surface area contributed by atoms with Crippen LogP contribution in [-0.4, -0.2) is 38.7 Å². The summed E-state index contributed by atoms with van der Waals surface area (Å²) in [6.07, 6.45) is 0. The van der Waals surface area contributed by atoms with Crippen molar-refractivity contribution in [3.8, 4) is 22.6 Å². The molecule has 0 aromatic heterocycles. The molecule has 2 aromatic carbocycles. The van der Waals surface area contributed by atoms with E-state index in [1.54, 1.807) is 40.6 Å². The number of ether oxygens (including phenoxy) is 4. The van der Waals surface area contributed by atoms with Crippen LogP contribution < -0.4 is 0 Å². The fourth-order valence-corrected chi connectivity index (χ4v) is 3.12. The van der Waals surface area contributed by atoms with Gasteiger partial charge >= 0.3 is 0 Å². The number of aromatic hydroxyl groups is 2. The Hall–Kier alpha value is -2.12. The van der Waals surface area contributed by atoms with Crippen molar-refractivity contribution in [1.82, 2.24) is 0 Å². The molecule has 0 bridgehead atoms. The van der Waals surface area contributed by atoms with Gasteiger partial charge < -0.3 is 29.2 Å². The van der Waals surface area contributed by atoms with E-state index in [0.29, 0.717) is 24.3 Å². The van der Waals surface area contributed by atoms with Gasteiger partial charge in [0.15, 0.2) is 0 Å². The van der Waals surface area contributed by atoms with E-state index < -0.39 is 0 Å². The number of benzene rings is 2. The Kier molecular flexibility index (Phi) is 7.41. The molecule has 142 valence electrons. The Morgan fingerprint density at radius 1 is 0.577 bits per heavy atom. The van der Waals surface area contributed by atoms with E-state index in [1.165, 1.54) is 0 Å². The number of rotatable bonds is 9. The van der Waals surface area contributed by atoms with Crippen molar-refractivity contribution in [3.63, 3.8) is 0 Å². The molecular weight excluding hydrogens is 336 g/mol. The van der Waals surface area contributed by atoms with E-state index in [4.69, 9.17) is 18.9 Å². The molecule has 0 amide bonds. The molecule has 0 aliphatic carbocycles. The van der Waals surface area contributed by atoms with Gasteiger partial charge in [-0.15, -0.1) is 0 Å². The summed E-state index contributed by atoms with van der Waals surface area (Å²) in [5, 5.41) is 21.4. The van der Waals surface area contributed by atoms with Gasteiger partial charge in [-0.3, -0.25) is 0 Å². The minimum Gasteiger partial charge on any atom is -0.507 e. The number of hydrogen-bond acceptors (Lipinski definition) is 6. The predicted molar refractivity (Wildman–Crippen MR) is 98.1 cm³/mol. The molecule has 0 unspecified atom stereocenters. The Labute approximate surface area is 153 Å². The van der Waals surface area contributed by atoms with Gasteiger partial charge in [0, 0.05) is 39.6 Å². The van der Waals surface area contributed by atoms with Gasteiger partial charge in [-0.05, 0) is 34.4 Å². The molecular formula is C20H26O6. The summed E-state index contributed by atoms with van der Waals surface area (Å²) in [5.74, 6) is 0.109. The highest BCUT2D eigenvalue weighted by Gasteiger charge is 2.20. The second kappa shape index (κ2) is 9.54. The molecule has 6 nitrogen and oxygen atoms in total. The lowest BCUT2D eigenvalue weighted by Crippen LogP contribution is -2.02. The third-order valence-corrected chi connectivity index (χ3v) is 3.99. The maximum absolute atomic E-state index is 10.7. The van der Waals surface area contributed by atoms with E-state index in [2.05, 4.69) is 0 Å². The molecule has 0 saturated heterocycles. The van der Waals surface area contributed by atoms with E-state index in [0.717, 1.165) is 22.3 Å². The molecule has 0 saturated carbocycles.